The van der Waals surface area contributed by atoms with E-state index < -0.39 is 5.41 Å². The van der Waals surface area contributed by atoms with E-state index in [9.17, 15) is 0 Å². The Morgan fingerprint density at radius 1 is 0.302 bits per heavy atom. The van der Waals surface area contributed by atoms with Crippen LogP contribution in [0.2, 0.25) is 0 Å². The maximum absolute atomic E-state index is 6.00. The Kier molecular flexibility index (Phi) is 8.21. The van der Waals surface area contributed by atoms with Crippen LogP contribution in [0.1, 0.15) is 22.3 Å². The van der Waals surface area contributed by atoms with Gasteiger partial charge in [-0.2, -0.15) is 0 Å². The largest absolute Gasteiger partial charge is 0.497 e. The van der Waals surface area contributed by atoms with Crippen molar-refractivity contribution < 1.29 is 9.47 Å². The highest BCUT2D eigenvalue weighted by atomic mass is 16.5. The summed E-state index contributed by atoms with van der Waals surface area (Å²) in [7, 11) is 3.50. The Morgan fingerprint density at radius 2 is 0.604 bits per heavy atom. The summed E-state index contributed by atoms with van der Waals surface area (Å²) < 4.78 is 12.0. The summed E-state index contributed by atoms with van der Waals surface area (Å²) in [5, 5.41) is 0. The molecule has 8 aromatic carbocycles. The molecule has 0 saturated carbocycles. The molecule has 254 valence electrons. The first kappa shape index (κ1) is 32.3. The highest BCUT2D eigenvalue weighted by Gasteiger charge is 2.47. The molecule has 2 nitrogen and oxygen atoms in total. The van der Waals surface area contributed by atoms with Gasteiger partial charge in [-0.05, 0) is 139 Å². The van der Waals surface area contributed by atoms with Crippen LogP contribution in [0, 0.1) is 0 Å². The molecule has 1 aliphatic rings. The van der Waals surface area contributed by atoms with E-state index in [1.165, 1.54) is 55.6 Å². The number of hydrogen-bond acceptors (Lipinski definition) is 2. The van der Waals surface area contributed by atoms with E-state index in [-0.39, 0.29) is 0 Å². The predicted octanol–water partition coefficient (Wildman–Crippen LogP) is 12.7. The lowest BCUT2D eigenvalue weighted by Crippen LogP contribution is -2.29. The van der Waals surface area contributed by atoms with Gasteiger partial charge in [0.25, 0.3) is 0 Å². The van der Waals surface area contributed by atoms with Gasteiger partial charge in [-0.3, -0.25) is 0 Å². The number of ether oxygens (including phenoxy) is 2. The topological polar surface area (TPSA) is 18.5 Å². The summed E-state index contributed by atoms with van der Waals surface area (Å²) in [5.74, 6) is 1.63. The Morgan fingerprint density at radius 3 is 0.887 bits per heavy atom. The number of benzene rings is 8. The zero-order chi connectivity index (χ0) is 35.8. The molecule has 2 heteroatoms. The number of hydrogen-bond donors (Lipinski definition) is 0. The lowest BCUT2D eigenvalue weighted by Gasteiger charge is -2.35. The number of methoxy groups -OCH3 is 2. The molecule has 8 aromatic rings. The first-order valence-corrected chi connectivity index (χ1v) is 18.1. The van der Waals surface area contributed by atoms with Crippen molar-refractivity contribution >= 4 is 0 Å². The quantitative estimate of drug-likeness (QED) is 0.159. The molecule has 0 aromatic heterocycles. The monoisotopic (exact) mass is 682 g/mol. The van der Waals surface area contributed by atoms with Gasteiger partial charge < -0.3 is 9.47 Å². The van der Waals surface area contributed by atoms with Crippen molar-refractivity contribution in [1.82, 2.24) is 0 Å². The summed E-state index contributed by atoms with van der Waals surface area (Å²) in [4.78, 5) is 0. The maximum Gasteiger partial charge on any atom is 0.119 e. The number of rotatable bonds is 8. The van der Waals surface area contributed by atoms with Gasteiger partial charge in [0.2, 0.25) is 0 Å². The molecule has 0 N–H and O–H groups in total. The second-order valence-electron chi connectivity index (χ2n) is 13.6. The third-order valence-electron chi connectivity index (χ3n) is 10.7. The molecule has 0 amide bonds. The van der Waals surface area contributed by atoms with E-state index in [1.807, 2.05) is 0 Å². The van der Waals surface area contributed by atoms with Crippen LogP contribution in [0.5, 0.6) is 11.5 Å². The van der Waals surface area contributed by atoms with Crippen molar-refractivity contribution in [2.45, 2.75) is 5.41 Å². The van der Waals surface area contributed by atoms with Crippen LogP contribution in [-0.4, -0.2) is 14.2 Å². The van der Waals surface area contributed by atoms with Gasteiger partial charge in [0.05, 0.1) is 19.6 Å². The molecule has 0 spiro atoms. The maximum atomic E-state index is 6.00. The average Bonchev–Trinajstić information content (AvgIpc) is 3.54. The molecule has 0 heterocycles. The third-order valence-corrected chi connectivity index (χ3v) is 10.7. The zero-order valence-electron chi connectivity index (χ0n) is 29.8. The Hall–Kier alpha value is -6.64. The first-order valence-electron chi connectivity index (χ1n) is 18.1. The van der Waals surface area contributed by atoms with E-state index in [4.69, 9.17) is 9.47 Å². The fourth-order valence-corrected chi connectivity index (χ4v) is 8.20. The molecule has 0 bridgehead atoms. The minimum atomic E-state index is -0.754. The second-order valence-corrected chi connectivity index (χ2v) is 13.6. The second kappa shape index (κ2) is 13.5. The minimum absolute atomic E-state index is 0.754. The van der Waals surface area contributed by atoms with Crippen molar-refractivity contribution in [3.8, 4) is 67.1 Å². The fraction of sp³-hybridized carbons (Fsp3) is 0.0588. The van der Waals surface area contributed by atoms with Crippen LogP contribution in [0.4, 0.5) is 0 Å². The molecule has 9 rings (SSSR count). The molecule has 1 aliphatic carbocycles. The molecule has 0 fully saturated rings. The van der Waals surface area contributed by atoms with Crippen molar-refractivity contribution in [1.29, 1.82) is 0 Å². The lowest BCUT2D eigenvalue weighted by molar-refractivity contribution is 0.413. The average molecular weight is 683 g/mol. The normalized spacial score (nSPS) is 12.5. The lowest BCUT2D eigenvalue weighted by atomic mass is 9.66. The van der Waals surface area contributed by atoms with Crippen molar-refractivity contribution in [3.63, 3.8) is 0 Å². The van der Waals surface area contributed by atoms with E-state index in [0.29, 0.717) is 0 Å². The van der Waals surface area contributed by atoms with Crippen LogP contribution in [0.15, 0.2) is 194 Å². The van der Waals surface area contributed by atoms with Crippen LogP contribution in [-0.2, 0) is 5.41 Å². The van der Waals surface area contributed by atoms with Gasteiger partial charge in [0.1, 0.15) is 11.5 Å². The Bertz CT molecular complexity index is 2260. The number of fused-ring (bicyclic) bond motifs is 3. The molecule has 0 aliphatic heterocycles. The summed E-state index contributed by atoms with van der Waals surface area (Å²) in [6.07, 6.45) is 0. The van der Waals surface area contributed by atoms with Gasteiger partial charge in [-0.15, -0.1) is 0 Å². The third kappa shape index (κ3) is 5.60. The van der Waals surface area contributed by atoms with Crippen LogP contribution in [0.25, 0.3) is 55.6 Å². The first-order chi connectivity index (χ1) is 26.1. The van der Waals surface area contributed by atoms with Gasteiger partial charge in [0, 0.05) is 0 Å². The highest BCUT2D eigenvalue weighted by molar-refractivity contribution is 5.90. The predicted molar refractivity (Wildman–Crippen MR) is 219 cm³/mol. The summed E-state index contributed by atoms with van der Waals surface area (Å²) in [5.41, 5.74) is 15.6. The van der Waals surface area contributed by atoms with Crippen LogP contribution >= 0.6 is 0 Å². The van der Waals surface area contributed by atoms with Crippen LogP contribution in [0.3, 0.4) is 0 Å². The molecule has 53 heavy (non-hydrogen) atoms. The van der Waals surface area contributed by atoms with Crippen molar-refractivity contribution in [3.05, 3.63) is 216 Å². The van der Waals surface area contributed by atoms with Gasteiger partial charge in [0.15, 0.2) is 0 Å². The molecular formula is C51H38O2. The molecule has 0 radical (unpaired) electrons. The van der Waals surface area contributed by atoms with E-state index in [2.05, 4.69) is 194 Å². The molecular weight excluding hydrogens is 645 g/mol. The summed E-state index contributed by atoms with van der Waals surface area (Å²) in [6.45, 7) is 0. The molecule has 0 saturated heterocycles. The van der Waals surface area contributed by atoms with E-state index in [1.54, 1.807) is 14.2 Å². The van der Waals surface area contributed by atoms with Crippen molar-refractivity contribution in [2.24, 2.45) is 0 Å². The fourth-order valence-electron chi connectivity index (χ4n) is 8.20. The molecule has 0 atom stereocenters. The zero-order valence-corrected chi connectivity index (χ0v) is 29.8. The van der Waals surface area contributed by atoms with Crippen LogP contribution < -0.4 is 9.47 Å². The van der Waals surface area contributed by atoms with Gasteiger partial charge in [-0.1, -0.05) is 133 Å². The highest BCUT2D eigenvalue weighted by Crippen LogP contribution is 2.59. The van der Waals surface area contributed by atoms with Gasteiger partial charge >= 0.3 is 0 Å². The standard InChI is InChI=1S/C51H38O2/c1-52-45-23-25-47-48-26-24-46(53-2)34-50(48)51(49(47)33-45,43-29-39(35-15-7-3-8-16-35)27-40(30-43)36-17-9-4-10-18-36)44-31-41(37-19-11-5-12-20-37)28-42(32-44)38-21-13-6-14-22-38/h3-34H,1-2H3. The Balaban J connectivity index is 1.47. The van der Waals surface area contributed by atoms with E-state index >= 15 is 0 Å². The smallest absolute Gasteiger partial charge is 0.119 e. The van der Waals surface area contributed by atoms with E-state index in [0.717, 1.165) is 33.8 Å². The minimum Gasteiger partial charge on any atom is -0.497 e. The summed E-state index contributed by atoms with van der Waals surface area (Å²) >= 11 is 0. The van der Waals surface area contributed by atoms with Gasteiger partial charge in [-0.25, -0.2) is 0 Å². The Labute approximate surface area is 311 Å². The molecule has 0 unspecified atom stereocenters. The SMILES string of the molecule is COc1ccc2c(c1)C(c1cc(-c3ccccc3)cc(-c3ccccc3)c1)(c1cc(-c3ccccc3)cc(-c3ccccc3)c1)c1cc(OC)ccc1-2. The van der Waals surface area contributed by atoms with Crippen molar-refractivity contribution in [2.75, 3.05) is 14.2 Å². The summed E-state index contributed by atoms with van der Waals surface area (Å²) in [6, 6.07) is 70.2.